The molecule has 0 radical (unpaired) electrons. The van der Waals surface area contributed by atoms with E-state index in [0.29, 0.717) is 11.3 Å². The van der Waals surface area contributed by atoms with Crippen molar-refractivity contribution in [3.05, 3.63) is 59.1 Å². The molecule has 0 aliphatic rings. The Bertz CT molecular complexity index is 597. The lowest BCUT2D eigenvalue weighted by atomic mass is 10.0. The summed E-state index contributed by atoms with van der Waals surface area (Å²) in [6, 6.07) is 14.7. The van der Waals surface area contributed by atoms with E-state index in [-0.39, 0.29) is 5.78 Å². The number of carbonyl (C=O) groups excluding carboxylic acids is 1. The third-order valence-electron chi connectivity index (χ3n) is 2.60. The molecule has 0 unspecified atom stereocenters. The van der Waals surface area contributed by atoms with Crippen LogP contribution in [0.2, 0.25) is 0 Å². The first kappa shape index (κ1) is 11.0. The maximum Gasteiger partial charge on any atom is 0.393 e. The van der Waals surface area contributed by atoms with Gasteiger partial charge >= 0.3 is 5.69 Å². The third-order valence-corrected chi connectivity index (χ3v) is 2.60. The lowest BCUT2D eigenvalue weighted by Gasteiger charge is -1.99. The highest BCUT2D eigenvalue weighted by Gasteiger charge is 2.17. The number of nitrogens with zero attached hydrogens (tertiary/aromatic N) is 2. The van der Waals surface area contributed by atoms with E-state index in [0.717, 1.165) is 11.1 Å². The molecule has 3 heteroatoms. The van der Waals surface area contributed by atoms with Crippen LogP contribution in [-0.4, -0.2) is 5.78 Å². The average molecular weight is 223 g/mol. The molecule has 0 N–H and O–H groups in total. The van der Waals surface area contributed by atoms with Crippen molar-refractivity contribution in [2.45, 2.75) is 6.92 Å². The maximum atomic E-state index is 11.2. The Morgan fingerprint density at radius 3 is 2.41 bits per heavy atom. The summed E-state index contributed by atoms with van der Waals surface area (Å²) in [6.45, 7) is 1.48. The van der Waals surface area contributed by atoms with Gasteiger partial charge in [-0.05, 0) is 18.6 Å². The van der Waals surface area contributed by atoms with Crippen molar-refractivity contribution >= 4 is 11.5 Å². The summed E-state index contributed by atoms with van der Waals surface area (Å²) in [4.78, 5) is 14.5. The second-order valence-electron chi connectivity index (χ2n) is 3.75. The van der Waals surface area contributed by atoms with Gasteiger partial charge in [-0.15, -0.1) is 0 Å². The number of hydrogen-bond donors (Lipinski definition) is 0. The summed E-state index contributed by atoms with van der Waals surface area (Å²) >= 11 is 0. The predicted molar refractivity (Wildman–Crippen MR) is 66.6 cm³/mol. The number of hydrogen-bond acceptors (Lipinski definition) is 2. The lowest BCUT2D eigenvalue weighted by molar-refractivity contribution is 0.101. The maximum absolute atomic E-state index is 11.2. The van der Waals surface area contributed by atoms with Crippen molar-refractivity contribution in [2.75, 3.05) is 0 Å². The SMILES string of the molecule is CC(=O)c1ccc(-c2ccccc2)c([N+]#N)c1. The van der Waals surface area contributed by atoms with E-state index in [1.54, 1.807) is 18.2 Å². The average Bonchev–Trinajstić information content (AvgIpc) is 2.39. The molecule has 2 rings (SSSR count). The highest BCUT2D eigenvalue weighted by atomic mass is 16.1. The summed E-state index contributed by atoms with van der Waals surface area (Å²) in [6.07, 6.45) is 0. The molecule has 82 valence electrons. The Hall–Kier alpha value is -2.47. The monoisotopic (exact) mass is 223 g/mol. The second kappa shape index (κ2) is 4.58. The van der Waals surface area contributed by atoms with Crippen molar-refractivity contribution in [3.63, 3.8) is 0 Å². The summed E-state index contributed by atoms with van der Waals surface area (Å²) in [7, 11) is 0. The van der Waals surface area contributed by atoms with Crippen LogP contribution < -0.4 is 0 Å². The quantitative estimate of drug-likeness (QED) is 0.569. The fraction of sp³-hybridized carbons (Fsp3) is 0.0714. The summed E-state index contributed by atoms with van der Waals surface area (Å²) in [5, 5.41) is 9.00. The van der Waals surface area contributed by atoms with E-state index in [4.69, 9.17) is 5.39 Å². The van der Waals surface area contributed by atoms with Gasteiger partial charge in [-0.25, -0.2) is 0 Å². The van der Waals surface area contributed by atoms with E-state index >= 15 is 0 Å². The van der Waals surface area contributed by atoms with Crippen LogP contribution in [0.4, 0.5) is 5.69 Å². The second-order valence-corrected chi connectivity index (χ2v) is 3.75. The van der Waals surface area contributed by atoms with Gasteiger partial charge in [0.05, 0.1) is 5.56 Å². The molecule has 0 bridgehead atoms. The number of benzene rings is 2. The minimum atomic E-state index is -0.0467. The van der Waals surface area contributed by atoms with Gasteiger partial charge in [-0.3, -0.25) is 4.79 Å². The summed E-state index contributed by atoms with van der Waals surface area (Å²) in [5.74, 6) is -0.0467. The fourth-order valence-electron chi connectivity index (χ4n) is 1.70. The minimum Gasteiger partial charge on any atom is -0.295 e. The molecule has 3 nitrogen and oxygen atoms in total. The zero-order valence-electron chi connectivity index (χ0n) is 9.42. The van der Waals surface area contributed by atoms with E-state index in [9.17, 15) is 4.79 Å². The zero-order chi connectivity index (χ0) is 12.3. The van der Waals surface area contributed by atoms with Crippen molar-refractivity contribution in [1.29, 1.82) is 5.39 Å². The number of rotatable bonds is 2. The van der Waals surface area contributed by atoms with Crippen LogP contribution >= 0.6 is 0 Å². The first-order valence-electron chi connectivity index (χ1n) is 5.28. The Morgan fingerprint density at radius 1 is 1.12 bits per heavy atom. The van der Waals surface area contributed by atoms with Gasteiger partial charge in [0, 0.05) is 11.6 Å². The Balaban J connectivity index is 2.57. The van der Waals surface area contributed by atoms with Gasteiger partial charge in [0.2, 0.25) is 5.39 Å². The largest absolute Gasteiger partial charge is 0.393 e. The minimum absolute atomic E-state index is 0.0467. The molecular formula is C14H11N2O+. The number of diazo groups is 1. The molecule has 0 aliphatic carbocycles. The van der Waals surface area contributed by atoms with Crippen molar-refractivity contribution in [1.82, 2.24) is 0 Å². The van der Waals surface area contributed by atoms with Crippen LogP contribution in [0.3, 0.4) is 0 Å². The van der Waals surface area contributed by atoms with Crippen molar-refractivity contribution < 1.29 is 4.79 Å². The third kappa shape index (κ3) is 2.21. The van der Waals surface area contributed by atoms with E-state index in [2.05, 4.69) is 4.98 Å². The van der Waals surface area contributed by atoms with Gasteiger partial charge < -0.3 is 0 Å². The molecule has 0 aliphatic heterocycles. The predicted octanol–water partition coefficient (Wildman–Crippen LogP) is 4.04. The first-order chi connectivity index (χ1) is 8.22. The van der Waals surface area contributed by atoms with E-state index in [1.165, 1.54) is 6.92 Å². The van der Waals surface area contributed by atoms with Crippen LogP contribution in [0.1, 0.15) is 17.3 Å². The molecular weight excluding hydrogens is 212 g/mol. The highest BCUT2D eigenvalue weighted by Crippen LogP contribution is 2.31. The molecule has 17 heavy (non-hydrogen) atoms. The van der Waals surface area contributed by atoms with Gasteiger partial charge in [0.15, 0.2) is 10.8 Å². The van der Waals surface area contributed by atoms with Crippen LogP contribution in [-0.2, 0) is 0 Å². The van der Waals surface area contributed by atoms with Crippen LogP contribution in [0.15, 0.2) is 48.5 Å². The number of Topliss-reactive ketones (excluding diaryl/α,β-unsaturated/α-hetero) is 1. The number of carbonyl (C=O) groups is 1. The highest BCUT2D eigenvalue weighted by molar-refractivity contribution is 5.96. The standard InChI is InChI=1S/C14H11N2O/c1-10(17)12-7-8-13(14(9-12)16-15)11-5-3-2-4-6-11/h2-9H,1H3/q+1. The molecule has 2 aromatic carbocycles. The smallest absolute Gasteiger partial charge is 0.295 e. The molecule has 0 saturated heterocycles. The summed E-state index contributed by atoms with van der Waals surface area (Å²) < 4.78 is 0. The number of ketones is 1. The van der Waals surface area contributed by atoms with Crippen LogP contribution in [0.5, 0.6) is 0 Å². The molecule has 0 saturated carbocycles. The molecule has 2 aromatic rings. The summed E-state index contributed by atoms with van der Waals surface area (Å²) in [5.41, 5.74) is 2.70. The topological polar surface area (TPSA) is 45.2 Å². The van der Waals surface area contributed by atoms with Gasteiger partial charge in [0.1, 0.15) is 0 Å². The van der Waals surface area contributed by atoms with Gasteiger partial charge in [-0.1, -0.05) is 36.4 Å². The molecule has 0 atom stereocenters. The van der Waals surface area contributed by atoms with Crippen molar-refractivity contribution in [3.8, 4) is 11.1 Å². The Kier molecular flexibility index (Phi) is 2.97. The van der Waals surface area contributed by atoms with Crippen LogP contribution in [0.25, 0.3) is 16.1 Å². The Labute approximate surface area is 99.3 Å². The van der Waals surface area contributed by atoms with Crippen LogP contribution in [0, 0.1) is 5.39 Å². The normalized spacial score (nSPS) is 9.65. The van der Waals surface area contributed by atoms with Gasteiger partial charge in [-0.2, -0.15) is 0 Å². The van der Waals surface area contributed by atoms with E-state index < -0.39 is 0 Å². The Morgan fingerprint density at radius 2 is 1.82 bits per heavy atom. The van der Waals surface area contributed by atoms with E-state index in [1.807, 2.05) is 30.3 Å². The van der Waals surface area contributed by atoms with Crippen molar-refractivity contribution in [2.24, 2.45) is 0 Å². The zero-order valence-corrected chi connectivity index (χ0v) is 9.42. The lowest BCUT2D eigenvalue weighted by Crippen LogP contribution is -1.91. The fourth-order valence-corrected chi connectivity index (χ4v) is 1.70. The van der Waals surface area contributed by atoms with Gasteiger partial charge in [0.25, 0.3) is 0 Å². The molecule has 0 fully saturated rings. The molecule has 0 heterocycles. The molecule has 0 spiro atoms. The molecule has 0 amide bonds. The first-order valence-corrected chi connectivity index (χ1v) is 5.28. The molecule has 0 aromatic heterocycles.